The average molecular weight is 254 g/mol. The Morgan fingerprint density at radius 2 is 2.11 bits per heavy atom. The lowest BCUT2D eigenvalue weighted by Crippen LogP contribution is -2.65. The summed E-state index contributed by atoms with van der Waals surface area (Å²) >= 11 is 0. The lowest BCUT2D eigenvalue weighted by molar-refractivity contribution is -0.0193. The number of nitrogens with one attached hydrogen (secondary N) is 1. The Kier molecular flexibility index (Phi) is 4.68. The number of piperazine rings is 1. The molecule has 2 rings (SSSR count). The fourth-order valence-electron chi connectivity index (χ4n) is 3.63. The molecule has 0 aromatic rings. The summed E-state index contributed by atoms with van der Waals surface area (Å²) in [4.78, 5) is 2.75. The molecule has 1 aliphatic heterocycles. The van der Waals surface area contributed by atoms with E-state index in [1.165, 1.54) is 38.6 Å². The zero-order chi connectivity index (χ0) is 13.2. The van der Waals surface area contributed by atoms with Crippen LogP contribution in [0.4, 0.5) is 0 Å². The molecule has 0 spiro atoms. The molecule has 1 aliphatic carbocycles. The van der Waals surface area contributed by atoms with E-state index < -0.39 is 0 Å². The van der Waals surface area contributed by atoms with Crippen molar-refractivity contribution >= 4 is 0 Å². The number of nitrogens with zero attached hydrogens (tertiary/aromatic N) is 1. The predicted octanol–water partition coefficient (Wildman–Crippen LogP) is 2.41. The van der Waals surface area contributed by atoms with Gasteiger partial charge in [0.1, 0.15) is 0 Å². The van der Waals surface area contributed by atoms with Crippen LogP contribution < -0.4 is 5.32 Å². The topological polar surface area (TPSA) is 24.5 Å². The van der Waals surface area contributed by atoms with E-state index in [4.69, 9.17) is 4.74 Å². The zero-order valence-corrected chi connectivity index (χ0v) is 12.5. The molecular weight excluding hydrogens is 224 g/mol. The van der Waals surface area contributed by atoms with Crippen LogP contribution in [-0.4, -0.2) is 48.8 Å². The van der Waals surface area contributed by atoms with Gasteiger partial charge in [-0.05, 0) is 39.0 Å². The van der Waals surface area contributed by atoms with Gasteiger partial charge in [0.2, 0.25) is 0 Å². The van der Waals surface area contributed by atoms with E-state index >= 15 is 0 Å². The minimum absolute atomic E-state index is 0.284. The van der Waals surface area contributed by atoms with Gasteiger partial charge in [0.05, 0.1) is 6.10 Å². The van der Waals surface area contributed by atoms with Crippen LogP contribution in [0.5, 0.6) is 0 Å². The minimum atomic E-state index is 0.284. The molecule has 3 heteroatoms. The van der Waals surface area contributed by atoms with Crippen molar-refractivity contribution in [3.05, 3.63) is 0 Å². The van der Waals surface area contributed by atoms with Crippen molar-refractivity contribution < 1.29 is 4.74 Å². The van der Waals surface area contributed by atoms with E-state index in [0.717, 1.165) is 6.54 Å². The van der Waals surface area contributed by atoms with Crippen molar-refractivity contribution in [1.29, 1.82) is 0 Å². The van der Waals surface area contributed by atoms with Gasteiger partial charge in [0.25, 0.3) is 0 Å². The van der Waals surface area contributed by atoms with E-state index in [0.29, 0.717) is 18.2 Å². The average Bonchev–Trinajstić information content (AvgIpc) is 2.87. The number of hydrogen-bond acceptors (Lipinski definition) is 3. The third-order valence-corrected chi connectivity index (χ3v) is 5.16. The molecule has 2 fully saturated rings. The normalized spacial score (nSPS) is 42.3. The Labute approximate surface area is 112 Å². The summed E-state index contributed by atoms with van der Waals surface area (Å²) in [6, 6.07) is 1.33. The fraction of sp³-hybridized carbons (Fsp3) is 1.00. The fourth-order valence-corrected chi connectivity index (χ4v) is 3.63. The first-order valence-corrected chi connectivity index (χ1v) is 7.67. The molecule has 0 aromatic carbocycles. The first kappa shape index (κ1) is 14.3. The summed E-state index contributed by atoms with van der Waals surface area (Å²) in [6.45, 7) is 9.27. The van der Waals surface area contributed by atoms with Gasteiger partial charge < -0.3 is 10.1 Å². The van der Waals surface area contributed by atoms with E-state index in [9.17, 15) is 0 Å². The third kappa shape index (κ3) is 2.73. The lowest BCUT2D eigenvalue weighted by Gasteiger charge is -2.49. The maximum absolute atomic E-state index is 5.71. The number of hydrogen-bond donors (Lipinski definition) is 1. The SMILES string of the molecule is CCC1CNC(C)(CC)CN1C1CCCC1OC. The van der Waals surface area contributed by atoms with Crippen LogP contribution in [0.25, 0.3) is 0 Å². The van der Waals surface area contributed by atoms with Gasteiger partial charge in [0.15, 0.2) is 0 Å². The van der Waals surface area contributed by atoms with Gasteiger partial charge in [-0.3, -0.25) is 4.90 Å². The van der Waals surface area contributed by atoms with Gasteiger partial charge in [-0.2, -0.15) is 0 Å². The van der Waals surface area contributed by atoms with Crippen LogP contribution >= 0.6 is 0 Å². The largest absolute Gasteiger partial charge is 0.380 e. The highest BCUT2D eigenvalue weighted by molar-refractivity contribution is 4.99. The molecule has 0 radical (unpaired) electrons. The first-order valence-electron chi connectivity index (χ1n) is 7.67. The molecule has 106 valence electrons. The lowest BCUT2D eigenvalue weighted by atomic mass is 9.91. The van der Waals surface area contributed by atoms with Crippen LogP contribution in [0.2, 0.25) is 0 Å². The molecule has 1 saturated carbocycles. The molecule has 0 bridgehead atoms. The Hall–Kier alpha value is -0.120. The van der Waals surface area contributed by atoms with Crippen molar-refractivity contribution in [3.8, 4) is 0 Å². The maximum Gasteiger partial charge on any atom is 0.0726 e. The summed E-state index contributed by atoms with van der Waals surface area (Å²) in [5.74, 6) is 0. The molecule has 0 aromatic heterocycles. The van der Waals surface area contributed by atoms with Crippen LogP contribution in [0.15, 0.2) is 0 Å². The zero-order valence-electron chi connectivity index (χ0n) is 12.5. The van der Waals surface area contributed by atoms with Crippen molar-refractivity contribution in [2.24, 2.45) is 0 Å². The molecule has 4 unspecified atom stereocenters. The molecule has 4 atom stereocenters. The number of rotatable bonds is 4. The van der Waals surface area contributed by atoms with Crippen LogP contribution in [-0.2, 0) is 4.74 Å². The van der Waals surface area contributed by atoms with E-state index in [2.05, 4.69) is 31.0 Å². The van der Waals surface area contributed by atoms with Gasteiger partial charge in [-0.25, -0.2) is 0 Å². The van der Waals surface area contributed by atoms with Crippen molar-refractivity contribution in [1.82, 2.24) is 10.2 Å². The summed E-state index contributed by atoms with van der Waals surface area (Å²) < 4.78 is 5.71. The van der Waals surface area contributed by atoms with Gasteiger partial charge in [-0.15, -0.1) is 0 Å². The molecule has 18 heavy (non-hydrogen) atoms. The quantitative estimate of drug-likeness (QED) is 0.834. The van der Waals surface area contributed by atoms with Crippen molar-refractivity contribution in [2.75, 3.05) is 20.2 Å². The Bertz CT molecular complexity index is 271. The molecule has 1 heterocycles. The summed E-state index contributed by atoms with van der Waals surface area (Å²) in [5, 5.41) is 3.75. The standard InChI is InChI=1S/C15H30N2O/c1-5-12-10-16-15(3,6-2)11-17(12)13-8-7-9-14(13)18-4/h12-14,16H,5-11H2,1-4H3. The molecule has 1 saturated heterocycles. The van der Waals surface area contributed by atoms with E-state index in [1.807, 2.05) is 7.11 Å². The molecule has 2 aliphatic rings. The van der Waals surface area contributed by atoms with Crippen LogP contribution in [0.3, 0.4) is 0 Å². The minimum Gasteiger partial charge on any atom is -0.380 e. The van der Waals surface area contributed by atoms with Gasteiger partial charge in [0, 0.05) is 37.8 Å². The van der Waals surface area contributed by atoms with Crippen molar-refractivity contribution in [3.63, 3.8) is 0 Å². The Balaban J connectivity index is 2.10. The summed E-state index contributed by atoms with van der Waals surface area (Å²) in [5.41, 5.74) is 0.284. The van der Waals surface area contributed by atoms with E-state index in [-0.39, 0.29) is 5.54 Å². The van der Waals surface area contributed by atoms with Gasteiger partial charge in [-0.1, -0.05) is 13.8 Å². The number of ether oxygens (including phenoxy) is 1. The van der Waals surface area contributed by atoms with Gasteiger partial charge >= 0.3 is 0 Å². The second-order valence-electron chi connectivity index (χ2n) is 6.30. The Morgan fingerprint density at radius 3 is 2.72 bits per heavy atom. The molecule has 1 N–H and O–H groups in total. The highest BCUT2D eigenvalue weighted by atomic mass is 16.5. The molecule has 3 nitrogen and oxygen atoms in total. The maximum atomic E-state index is 5.71. The van der Waals surface area contributed by atoms with Crippen molar-refractivity contribution in [2.45, 2.75) is 76.6 Å². The van der Waals surface area contributed by atoms with Crippen LogP contribution in [0.1, 0.15) is 52.9 Å². The highest BCUT2D eigenvalue weighted by Crippen LogP contribution is 2.32. The Morgan fingerprint density at radius 1 is 1.33 bits per heavy atom. The smallest absolute Gasteiger partial charge is 0.0726 e. The van der Waals surface area contributed by atoms with Crippen LogP contribution in [0, 0.1) is 0 Å². The summed E-state index contributed by atoms with van der Waals surface area (Å²) in [6.07, 6.45) is 6.77. The second kappa shape index (κ2) is 5.89. The first-order chi connectivity index (χ1) is 8.63. The second-order valence-corrected chi connectivity index (χ2v) is 6.30. The molecular formula is C15H30N2O. The van der Waals surface area contributed by atoms with E-state index in [1.54, 1.807) is 0 Å². The monoisotopic (exact) mass is 254 g/mol. The highest BCUT2D eigenvalue weighted by Gasteiger charge is 2.41. The predicted molar refractivity (Wildman–Crippen MR) is 75.9 cm³/mol. The number of methoxy groups -OCH3 is 1. The summed E-state index contributed by atoms with van der Waals surface area (Å²) in [7, 11) is 1.88. The third-order valence-electron chi connectivity index (χ3n) is 5.16. The molecule has 0 amide bonds.